The van der Waals surface area contributed by atoms with E-state index in [4.69, 9.17) is 4.99 Å². The second kappa shape index (κ2) is 5.33. The van der Waals surface area contributed by atoms with Crippen molar-refractivity contribution in [2.45, 2.75) is 77.9 Å². The fourth-order valence-electron chi connectivity index (χ4n) is 5.32. The summed E-state index contributed by atoms with van der Waals surface area (Å²) in [7, 11) is -1.69. The average Bonchev–Trinajstić information content (AvgIpc) is 2.36. The fraction of sp³-hybridized carbons (Fsp3) is 0.650. The monoisotopic (exact) mass is 315 g/mol. The van der Waals surface area contributed by atoms with Gasteiger partial charge in [0.2, 0.25) is 0 Å². The van der Waals surface area contributed by atoms with E-state index in [2.05, 4.69) is 86.6 Å². The minimum absolute atomic E-state index is 0.334. The Bertz CT molecular complexity index is 555. The molecule has 0 saturated carbocycles. The van der Waals surface area contributed by atoms with Gasteiger partial charge in [-0.2, -0.15) is 0 Å². The molecule has 0 spiro atoms. The van der Waals surface area contributed by atoms with Crippen LogP contribution in [0.1, 0.15) is 61.0 Å². The molecular weight excluding hydrogens is 282 g/mol. The molecule has 2 rings (SSSR count). The third-order valence-electron chi connectivity index (χ3n) is 5.92. The molecule has 0 aliphatic carbocycles. The third-order valence-corrected chi connectivity index (χ3v) is 13.9. The van der Waals surface area contributed by atoms with Crippen molar-refractivity contribution in [2.75, 3.05) is 0 Å². The SMILES string of the molecule is Cc1ccc(N=C2[C@H](C)[C@H](C)[Si]2(C(C)(C)C)C(C)(C)C)cc1. The predicted molar refractivity (Wildman–Crippen MR) is 102 cm³/mol. The Kier molecular flexibility index (Phi) is 4.23. The van der Waals surface area contributed by atoms with Crippen LogP contribution in [0.2, 0.25) is 15.6 Å². The smallest absolute Gasteiger partial charge is 0.119 e. The first kappa shape index (κ1) is 17.5. The number of hydrogen-bond donors (Lipinski definition) is 0. The Morgan fingerprint density at radius 2 is 1.32 bits per heavy atom. The summed E-state index contributed by atoms with van der Waals surface area (Å²) in [5.41, 5.74) is 3.22. The molecule has 0 radical (unpaired) electrons. The lowest BCUT2D eigenvalue weighted by molar-refractivity contribution is 0.530. The van der Waals surface area contributed by atoms with E-state index >= 15 is 0 Å². The van der Waals surface area contributed by atoms with E-state index in [0.29, 0.717) is 16.0 Å². The highest BCUT2D eigenvalue weighted by atomic mass is 28.3. The Morgan fingerprint density at radius 1 is 0.864 bits per heavy atom. The molecule has 122 valence electrons. The van der Waals surface area contributed by atoms with Crippen LogP contribution in [0.3, 0.4) is 0 Å². The number of hydrogen-bond acceptors (Lipinski definition) is 1. The van der Waals surface area contributed by atoms with E-state index in [1.807, 2.05) is 0 Å². The lowest BCUT2D eigenvalue weighted by Crippen LogP contribution is -2.72. The van der Waals surface area contributed by atoms with E-state index in [-0.39, 0.29) is 0 Å². The molecule has 2 heteroatoms. The van der Waals surface area contributed by atoms with Gasteiger partial charge in [0.1, 0.15) is 8.07 Å². The Hall–Kier alpha value is -0.893. The van der Waals surface area contributed by atoms with Gasteiger partial charge in [-0.3, -0.25) is 4.99 Å². The second-order valence-electron chi connectivity index (χ2n) is 9.22. The first-order valence-electron chi connectivity index (χ1n) is 8.58. The maximum atomic E-state index is 5.20. The Morgan fingerprint density at radius 3 is 1.73 bits per heavy atom. The van der Waals surface area contributed by atoms with Crippen LogP contribution < -0.4 is 0 Å². The zero-order valence-electron chi connectivity index (χ0n) is 15.9. The molecule has 1 aromatic rings. The molecular formula is C20H33NSi. The van der Waals surface area contributed by atoms with E-state index in [1.54, 1.807) is 0 Å². The highest BCUT2D eigenvalue weighted by molar-refractivity contribution is 7.15. The van der Waals surface area contributed by atoms with Crippen molar-refractivity contribution in [3.63, 3.8) is 0 Å². The minimum Gasteiger partial charge on any atom is -0.262 e. The maximum Gasteiger partial charge on any atom is 0.119 e. The summed E-state index contributed by atoms with van der Waals surface area (Å²) in [4.78, 5) is 5.20. The van der Waals surface area contributed by atoms with Crippen LogP contribution >= 0.6 is 0 Å². The maximum absolute atomic E-state index is 5.20. The summed E-state index contributed by atoms with van der Waals surface area (Å²) in [6, 6.07) is 8.68. The lowest BCUT2D eigenvalue weighted by atomic mass is 10.1. The molecule has 0 unspecified atom stereocenters. The third kappa shape index (κ3) is 2.40. The predicted octanol–water partition coefficient (Wildman–Crippen LogP) is 6.70. The number of nitrogens with zero attached hydrogens (tertiary/aromatic N) is 1. The molecule has 1 heterocycles. The topological polar surface area (TPSA) is 12.4 Å². The van der Waals surface area contributed by atoms with Gasteiger partial charge in [-0.05, 0) is 40.6 Å². The molecule has 1 aliphatic heterocycles. The molecule has 1 fully saturated rings. The number of benzene rings is 1. The zero-order chi connectivity index (χ0) is 16.9. The van der Waals surface area contributed by atoms with E-state index in [1.165, 1.54) is 10.9 Å². The van der Waals surface area contributed by atoms with Crippen molar-refractivity contribution in [1.29, 1.82) is 0 Å². The number of aryl methyl sites for hydroxylation is 1. The van der Waals surface area contributed by atoms with Gasteiger partial charge in [-0.25, -0.2) is 0 Å². The fourth-order valence-corrected chi connectivity index (χ4v) is 14.2. The van der Waals surface area contributed by atoms with E-state index < -0.39 is 8.07 Å². The molecule has 22 heavy (non-hydrogen) atoms. The van der Waals surface area contributed by atoms with Gasteiger partial charge in [-0.1, -0.05) is 73.1 Å². The van der Waals surface area contributed by atoms with Crippen LogP contribution in [0.25, 0.3) is 0 Å². The summed E-state index contributed by atoms with van der Waals surface area (Å²) in [5, 5.41) is 2.20. The minimum atomic E-state index is -1.69. The van der Waals surface area contributed by atoms with Gasteiger partial charge in [0.25, 0.3) is 0 Å². The Balaban J connectivity index is 2.59. The summed E-state index contributed by atoms with van der Waals surface area (Å²) in [5.74, 6) is 0.617. The van der Waals surface area contributed by atoms with Crippen LogP contribution in [-0.2, 0) is 0 Å². The first-order chi connectivity index (χ1) is 9.93. The van der Waals surface area contributed by atoms with Crippen molar-refractivity contribution in [1.82, 2.24) is 0 Å². The van der Waals surface area contributed by atoms with Gasteiger partial charge < -0.3 is 0 Å². The average molecular weight is 316 g/mol. The molecule has 1 aliphatic rings. The van der Waals surface area contributed by atoms with Gasteiger partial charge in [0.05, 0.1) is 5.69 Å². The summed E-state index contributed by atoms with van der Waals surface area (Å²) >= 11 is 0. The summed E-state index contributed by atoms with van der Waals surface area (Å²) < 4.78 is 0. The van der Waals surface area contributed by atoms with Crippen LogP contribution in [0.15, 0.2) is 29.3 Å². The van der Waals surface area contributed by atoms with E-state index in [0.717, 1.165) is 11.2 Å². The van der Waals surface area contributed by atoms with Crippen molar-refractivity contribution in [3.8, 4) is 0 Å². The number of aliphatic imine (C=N–C) groups is 1. The van der Waals surface area contributed by atoms with Crippen LogP contribution in [-0.4, -0.2) is 13.4 Å². The normalized spacial score (nSPS) is 26.9. The van der Waals surface area contributed by atoms with Crippen molar-refractivity contribution in [2.24, 2.45) is 10.9 Å². The largest absolute Gasteiger partial charge is 0.262 e. The van der Waals surface area contributed by atoms with Crippen molar-refractivity contribution in [3.05, 3.63) is 29.8 Å². The molecule has 0 aromatic heterocycles. The number of rotatable bonds is 1. The molecule has 1 aromatic carbocycles. The summed E-state index contributed by atoms with van der Waals surface area (Å²) in [6.45, 7) is 21.6. The molecule has 0 bridgehead atoms. The highest BCUT2D eigenvalue weighted by Gasteiger charge is 2.68. The van der Waals surface area contributed by atoms with Crippen molar-refractivity contribution < 1.29 is 0 Å². The van der Waals surface area contributed by atoms with Crippen LogP contribution in [0.4, 0.5) is 5.69 Å². The lowest BCUT2D eigenvalue weighted by Gasteiger charge is -2.65. The van der Waals surface area contributed by atoms with Gasteiger partial charge in [-0.15, -0.1) is 0 Å². The Labute approximate surface area is 138 Å². The zero-order valence-corrected chi connectivity index (χ0v) is 16.9. The molecule has 0 N–H and O–H groups in total. The van der Waals surface area contributed by atoms with Gasteiger partial charge in [0, 0.05) is 5.33 Å². The van der Waals surface area contributed by atoms with Gasteiger partial charge in [0.15, 0.2) is 0 Å². The second-order valence-corrected chi connectivity index (χ2v) is 15.3. The van der Waals surface area contributed by atoms with Gasteiger partial charge >= 0.3 is 0 Å². The van der Waals surface area contributed by atoms with Crippen molar-refractivity contribution >= 4 is 19.1 Å². The van der Waals surface area contributed by atoms with Crippen LogP contribution in [0, 0.1) is 12.8 Å². The summed E-state index contributed by atoms with van der Waals surface area (Å²) in [6.07, 6.45) is 0. The molecule has 1 saturated heterocycles. The molecule has 2 atom stereocenters. The quantitative estimate of drug-likeness (QED) is 0.511. The molecule has 0 amide bonds. The van der Waals surface area contributed by atoms with E-state index in [9.17, 15) is 0 Å². The first-order valence-corrected chi connectivity index (χ1v) is 10.7. The van der Waals surface area contributed by atoms with Crippen LogP contribution in [0.5, 0.6) is 0 Å². The standard InChI is InChI=1S/C20H33NSi/c1-14-10-12-17(13-11-14)21-18-15(2)16(3)22(18,19(4,5)6)20(7,8)9/h10-13,15-16H,1-9H3/t15-,16+/m1/s1. The molecule has 1 nitrogen and oxygen atoms in total. The highest BCUT2D eigenvalue weighted by Crippen LogP contribution is 2.66.